The molecule has 0 aliphatic carbocycles. The number of fused-ring (bicyclic) bond motifs is 4. The van der Waals surface area contributed by atoms with Crippen LogP contribution in [0.3, 0.4) is 0 Å². The van der Waals surface area contributed by atoms with Crippen molar-refractivity contribution in [1.29, 1.82) is 0 Å². The molecule has 2 aliphatic heterocycles. The number of ether oxygens (including phenoxy) is 2. The van der Waals surface area contributed by atoms with E-state index in [0.717, 1.165) is 58.1 Å². The summed E-state index contributed by atoms with van der Waals surface area (Å²) in [5, 5.41) is 5.15. The minimum absolute atomic E-state index is 0.00381. The van der Waals surface area contributed by atoms with E-state index < -0.39 is 19.8 Å². The largest absolute Gasteiger partial charge is 0.444 e. The number of hydrogen-bond donors (Lipinski definition) is 1. The number of carbonyl (C=O) groups is 1. The average Bonchev–Trinajstić information content (AvgIpc) is 3.56. The number of halogens is 1. The fraction of sp³-hybridized carbons (Fsp3) is 0.576. The minimum Gasteiger partial charge on any atom is -0.444 e. The number of anilines is 1. The summed E-state index contributed by atoms with van der Waals surface area (Å²) < 4.78 is 16.3. The van der Waals surface area contributed by atoms with Crippen molar-refractivity contribution in [3.63, 3.8) is 0 Å². The van der Waals surface area contributed by atoms with Gasteiger partial charge in [0.2, 0.25) is 5.95 Å². The number of piperidine rings is 1. The van der Waals surface area contributed by atoms with Crippen molar-refractivity contribution in [2.75, 3.05) is 11.5 Å². The van der Waals surface area contributed by atoms with Crippen LogP contribution in [0.25, 0.3) is 32.4 Å². The van der Waals surface area contributed by atoms with Gasteiger partial charge >= 0.3 is 6.09 Å². The van der Waals surface area contributed by atoms with Gasteiger partial charge in [-0.25, -0.2) is 9.78 Å². The van der Waals surface area contributed by atoms with Crippen LogP contribution in [-0.4, -0.2) is 63.6 Å². The Hall–Kier alpha value is -2.93. The Morgan fingerprint density at radius 1 is 1.17 bits per heavy atom. The maximum absolute atomic E-state index is 14.4. The number of alkyl carbamates (subject to hydrolysis) is 1. The molecule has 3 aromatic heterocycles. The number of nitrogens with zero attached hydrogens (tertiary/aromatic N) is 5. The Morgan fingerprint density at radius 2 is 1.93 bits per heavy atom. The van der Waals surface area contributed by atoms with Crippen molar-refractivity contribution >= 4 is 64.3 Å². The van der Waals surface area contributed by atoms with Crippen molar-refractivity contribution < 1.29 is 14.3 Å². The summed E-state index contributed by atoms with van der Waals surface area (Å²) >= 11 is 8.56. The zero-order valence-electron chi connectivity index (χ0n) is 28.1. The predicted molar refractivity (Wildman–Crippen MR) is 189 cm³/mol. The van der Waals surface area contributed by atoms with E-state index in [1.807, 2.05) is 50.6 Å². The molecule has 10 nitrogen and oxygen atoms in total. The van der Waals surface area contributed by atoms with Crippen LogP contribution < -0.4 is 15.8 Å². The number of nitrogens with one attached hydrogen (secondary N) is 1. The highest BCUT2D eigenvalue weighted by molar-refractivity contribution is 7.19. The topological polar surface area (TPSA) is 104 Å². The van der Waals surface area contributed by atoms with E-state index in [1.165, 1.54) is 0 Å². The van der Waals surface area contributed by atoms with Gasteiger partial charge in [0, 0.05) is 45.1 Å². The summed E-state index contributed by atoms with van der Waals surface area (Å²) in [6.07, 6.45) is 5.22. The van der Waals surface area contributed by atoms with Gasteiger partial charge in [-0.1, -0.05) is 37.3 Å². The van der Waals surface area contributed by atoms with Crippen molar-refractivity contribution in [2.24, 2.45) is 7.05 Å². The lowest BCUT2D eigenvalue weighted by molar-refractivity contribution is 0.0501. The summed E-state index contributed by atoms with van der Waals surface area (Å²) in [6.45, 7) is 15.5. The lowest BCUT2D eigenvalue weighted by Crippen LogP contribution is -2.49. The van der Waals surface area contributed by atoms with Gasteiger partial charge in [0.1, 0.15) is 12.3 Å². The molecule has 13 heteroatoms. The maximum atomic E-state index is 14.4. The molecule has 0 radical (unpaired) electrons. The first-order valence-corrected chi connectivity index (χ1v) is 21.0. The molecule has 6 rings (SSSR count). The van der Waals surface area contributed by atoms with Crippen LogP contribution in [0.2, 0.25) is 30.7 Å². The second-order valence-corrected chi connectivity index (χ2v) is 22.1. The molecule has 1 amide bonds. The summed E-state index contributed by atoms with van der Waals surface area (Å²) in [4.78, 5) is 39.2. The second kappa shape index (κ2) is 12.3. The molecule has 2 saturated heterocycles. The number of amides is 1. The first-order valence-electron chi connectivity index (χ1n) is 16.1. The molecule has 1 aromatic carbocycles. The van der Waals surface area contributed by atoms with Crippen molar-refractivity contribution in [3.05, 3.63) is 38.7 Å². The third kappa shape index (κ3) is 6.45. The maximum Gasteiger partial charge on any atom is 0.407 e. The van der Waals surface area contributed by atoms with E-state index in [0.29, 0.717) is 28.6 Å². The van der Waals surface area contributed by atoms with Gasteiger partial charge in [0.25, 0.3) is 5.56 Å². The Balaban J connectivity index is 1.43. The lowest BCUT2D eigenvalue weighted by Gasteiger charge is -2.37. The number of rotatable bonds is 8. The van der Waals surface area contributed by atoms with Gasteiger partial charge in [0.05, 0.1) is 37.7 Å². The monoisotopic (exact) mass is 684 g/mol. The fourth-order valence-corrected chi connectivity index (χ4v) is 8.76. The number of hydrogen-bond acceptors (Lipinski definition) is 8. The molecule has 4 aromatic rings. The summed E-state index contributed by atoms with van der Waals surface area (Å²) in [5.41, 5.74) is 2.19. The van der Waals surface area contributed by atoms with Crippen LogP contribution in [0.1, 0.15) is 51.5 Å². The van der Waals surface area contributed by atoms with E-state index in [2.05, 4.69) is 34.8 Å². The summed E-state index contributed by atoms with van der Waals surface area (Å²) in [6, 6.07) is 5.00. The first kappa shape index (κ1) is 33.0. The van der Waals surface area contributed by atoms with Gasteiger partial charge in [-0.3, -0.25) is 9.36 Å². The molecule has 2 aliphatic rings. The van der Waals surface area contributed by atoms with Crippen LogP contribution >= 0.6 is 22.9 Å². The number of benzene rings is 1. The molecule has 1 N–H and O–H groups in total. The van der Waals surface area contributed by atoms with E-state index in [4.69, 9.17) is 26.1 Å². The van der Waals surface area contributed by atoms with Crippen molar-refractivity contribution in [2.45, 2.75) is 110 Å². The highest BCUT2D eigenvalue weighted by Gasteiger charge is 2.46. The van der Waals surface area contributed by atoms with Crippen molar-refractivity contribution in [1.82, 2.24) is 24.4 Å². The van der Waals surface area contributed by atoms with Crippen LogP contribution in [0.15, 0.2) is 23.1 Å². The fourth-order valence-electron chi connectivity index (χ4n) is 6.77. The highest BCUT2D eigenvalue weighted by Crippen LogP contribution is 2.42. The van der Waals surface area contributed by atoms with Gasteiger partial charge < -0.3 is 24.3 Å². The van der Waals surface area contributed by atoms with Gasteiger partial charge in [-0.05, 0) is 65.5 Å². The van der Waals surface area contributed by atoms with Gasteiger partial charge in [0.15, 0.2) is 5.65 Å². The molecule has 248 valence electrons. The highest BCUT2D eigenvalue weighted by atomic mass is 35.5. The zero-order chi connectivity index (χ0) is 33.1. The molecule has 0 spiro atoms. The quantitative estimate of drug-likeness (QED) is 0.153. The normalized spacial score (nSPS) is 20.2. The van der Waals surface area contributed by atoms with E-state index in [-0.39, 0.29) is 30.4 Å². The van der Waals surface area contributed by atoms with Crippen LogP contribution in [0, 0.1) is 6.92 Å². The van der Waals surface area contributed by atoms with Crippen LogP contribution in [0.5, 0.6) is 0 Å². The van der Waals surface area contributed by atoms with Crippen LogP contribution in [-0.2, 0) is 23.3 Å². The lowest BCUT2D eigenvalue weighted by atomic mass is 10.0. The van der Waals surface area contributed by atoms with E-state index >= 15 is 0 Å². The Labute approximate surface area is 280 Å². The molecule has 2 bridgehead atoms. The summed E-state index contributed by atoms with van der Waals surface area (Å²) in [5.74, 6) is 0.605. The van der Waals surface area contributed by atoms with Crippen LogP contribution in [0.4, 0.5) is 10.7 Å². The first-order chi connectivity index (χ1) is 21.6. The molecule has 5 heterocycles. The molecular weight excluding hydrogens is 640 g/mol. The van der Waals surface area contributed by atoms with Gasteiger partial charge in [-0.2, -0.15) is 4.98 Å². The smallest absolute Gasteiger partial charge is 0.407 e. The van der Waals surface area contributed by atoms with Gasteiger partial charge in [-0.15, -0.1) is 11.3 Å². The number of aromatic nitrogens is 4. The number of carbonyl (C=O) groups excluding carboxylic acids is 1. The molecule has 2 fully saturated rings. The molecule has 3 atom stereocenters. The number of thiazole rings is 1. The average molecular weight is 685 g/mol. The molecule has 46 heavy (non-hydrogen) atoms. The second-order valence-electron chi connectivity index (χ2n) is 14.9. The van der Waals surface area contributed by atoms with E-state index in [9.17, 15) is 9.59 Å². The molecular formula is C33H45ClN6O4SSi. The molecule has 0 unspecified atom stereocenters. The predicted octanol–water partition coefficient (Wildman–Crippen LogP) is 7.31. The SMILES string of the molecule is Cc1nc2ccc(-c3cn(COCC[Si](C)(C)C)c4nc(N5[C@H]6CCC[C@@H]5[C@H](NC(=O)OC(C)(C)C)C6)n(C)c(=O)c34)c(Cl)c2s1. The minimum atomic E-state index is -1.29. The standard InChI is InChI=1S/C33H45ClN6O4SSi/c1-19-35-23-13-12-21(27(34)28(23)45-19)22-17-39(18-43-14-15-46(6,7)8)29-26(22)30(41)38(5)31(37-29)40-20-10-9-11-25(40)24(16-20)36-32(42)44-33(2,3)4/h12-13,17,20,24-25H,9-11,14-16,18H2,1-8H3,(H,36,42)/t20-,24+,25+/m0/s1. The van der Waals surface area contributed by atoms with E-state index in [1.54, 1.807) is 23.0 Å². The zero-order valence-corrected chi connectivity index (χ0v) is 30.6. The number of aryl methyl sites for hydroxylation is 1. The third-order valence-corrected chi connectivity index (χ3v) is 12.1. The summed E-state index contributed by atoms with van der Waals surface area (Å²) in [7, 11) is 0.502. The third-order valence-electron chi connectivity index (χ3n) is 8.91. The molecule has 0 saturated carbocycles. The van der Waals surface area contributed by atoms with Crippen molar-refractivity contribution in [3.8, 4) is 11.1 Å². The Bertz CT molecular complexity index is 1860. The Morgan fingerprint density at radius 3 is 2.65 bits per heavy atom. The Kier molecular flexibility index (Phi) is 8.79.